The third-order valence-corrected chi connectivity index (χ3v) is 2.75. The van der Waals surface area contributed by atoms with Gasteiger partial charge in [0.25, 0.3) is 0 Å². The van der Waals surface area contributed by atoms with Crippen LogP contribution in [0.1, 0.15) is 11.3 Å². The molecule has 2 N–H and O–H groups in total. The van der Waals surface area contributed by atoms with Gasteiger partial charge in [0.1, 0.15) is 17.8 Å². The Bertz CT molecular complexity index is 627. The first-order chi connectivity index (χ1) is 8.10. The molecular formula is C12H12O5. The van der Waals surface area contributed by atoms with Gasteiger partial charge in [-0.15, -0.1) is 0 Å². The third kappa shape index (κ3) is 1.64. The molecule has 0 radical (unpaired) electrons. The van der Waals surface area contributed by atoms with Gasteiger partial charge in [0.05, 0.1) is 7.11 Å². The van der Waals surface area contributed by atoms with Crippen LogP contribution >= 0.6 is 0 Å². The maximum Gasteiger partial charge on any atom is 0.347 e. The van der Waals surface area contributed by atoms with E-state index in [0.29, 0.717) is 10.9 Å². The number of ether oxygens (including phenoxy) is 1. The summed E-state index contributed by atoms with van der Waals surface area (Å²) in [4.78, 5) is 11.7. The summed E-state index contributed by atoms with van der Waals surface area (Å²) in [6, 6.07) is 3.21. The number of aromatic hydroxyl groups is 1. The van der Waals surface area contributed by atoms with Crippen LogP contribution in [0, 0.1) is 6.92 Å². The van der Waals surface area contributed by atoms with Crippen LogP contribution in [0.25, 0.3) is 10.8 Å². The molecule has 0 fully saturated rings. The predicted molar refractivity (Wildman–Crippen MR) is 61.4 cm³/mol. The molecule has 0 aliphatic rings. The van der Waals surface area contributed by atoms with E-state index < -0.39 is 5.63 Å². The van der Waals surface area contributed by atoms with Crippen molar-refractivity contribution < 1.29 is 19.4 Å². The number of methoxy groups -OCH3 is 1. The molecule has 0 bridgehead atoms. The van der Waals surface area contributed by atoms with Crippen LogP contribution in [0.4, 0.5) is 0 Å². The van der Waals surface area contributed by atoms with Crippen molar-refractivity contribution in [1.29, 1.82) is 0 Å². The van der Waals surface area contributed by atoms with Crippen LogP contribution in [0.2, 0.25) is 0 Å². The molecule has 5 heteroatoms. The number of hydrogen-bond donors (Lipinski definition) is 2. The van der Waals surface area contributed by atoms with E-state index >= 15 is 0 Å². The summed E-state index contributed by atoms with van der Waals surface area (Å²) in [6.45, 7) is 1.35. The average Bonchev–Trinajstić information content (AvgIpc) is 2.33. The number of phenolic OH excluding ortho intramolecular Hbond substituents is 1. The van der Waals surface area contributed by atoms with Crippen molar-refractivity contribution in [2.45, 2.75) is 13.5 Å². The number of aliphatic hydroxyl groups is 1. The minimum absolute atomic E-state index is 0.0686. The van der Waals surface area contributed by atoms with Gasteiger partial charge in [0, 0.05) is 0 Å². The van der Waals surface area contributed by atoms with Crippen molar-refractivity contribution in [3.63, 3.8) is 0 Å². The Kier molecular flexibility index (Phi) is 2.77. The number of benzene rings is 1. The lowest BCUT2D eigenvalue weighted by Crippen LogP contribution is -2.05. The quantitative estimate of drug-likeness (QED) is 0.821. The standard InChI is InChI=1S/C12H12O5/c1-6-7-3-4-8(16-2)11(14)10(7)12(15)17-9(6)5-13/h3-4,13-14H,5H2,1-2H3. The van der Waals surface area contributed by atoms with Gasteiger partial charge in [-0.2, -0.15) is 0 Å². The Balaban J connectivity index is 2.94. The van der Waals surface area contributed by atoms with E-state index in [1.165, 1.54) is 7.11 Å². The number of aliphatic hydroxyl groups excluding tert-OH is 1. The van der Waals surface area contributed by atoms with Gasteiger partial charge in [-0.25, -0.2) is 4.79 Å². The number of fused-ring (bicyclic) bond motifs is 1. The molecule has 5 nitrogen and oxygen atoms in total. The fourth-order valence-electron chi connectivity index (χ4n) is 1.80. The fourth-order valence-corrected chi connectivity index (χ4v) is 1.80. The largest absolute Gasteiger partial charge is 0.504 e. The molecule has 0 saturated heterocycles. The number of phenols is 1. The molecule has 2 rings (SSSR count). The first kappa shape index (κ1) is 11.5. The molecule has 0 spiro atoms. The Labute approximate surface area is 96.9 Å². The highest BCUT2D eigenvalue weighted by Crippen LogP contribution is 2.34. The molecule has 17 heavy (non-hydrogen) atoms. The molecule has 1 aromatic heterocycles. The van der Waals surface area contributed by atoms with E-state index in [9.17, 15) is 9.90 Å². The van der Waals surface area contributed by atoms with E-state index in [1.54, 1.807) is 19.1 Å². The monoisotopic (exact) mass is 236 g/mol. The van der Waals surface area contributed by atoms with Crippen LogP contribution in [0.15, 0.2) is 21.3 Å². The smallest absolute Gasteiger partial charge is 0.347 e. The molecule has 0 aliphatic heterocycles. The predicted octanol–water partition coefficient (Wildman–Crippen LogP) is 1.31. The van der Waals surface area contributed by atoms with Crippen molar-refractivity contribution in [2.75, 3.05) is 7.11 Å². The highest BCUT2D eigenvalue weighted by molar-refractivity contribution is 5.91. The van der Waals surface area contributed by atoms with Crippen molar-refractivity contribution in [3.8, 4) is 11.5 Å². The second-order valence-corrected chi connectivity index (χ2v) is 3.63. The lowest BCUT2D eigenvalue weighted by Gasteiger charge is -2.09. The summed E-state index contributed by atoms with van der Waals surface area (Å²) in [7, 11) is 1.40. The van der Waals surface area contributed by atoms with Crippen LogP contribution < -0.4 is 10.4 Å². The second kappa shape index (κ2) is 4.10. The highest BCUT2D eigenvalue weighted by atomic mass is 16.5. The maximum atomic E-state index is 11.7. The van der Waals surface area contributed by atoms with E-state index in [1.807, 2.05) is 0 Å². The van der Waals surface area contributed by atoms with Crippen LogP contribution in [-0.2, 0) is 6.61 Å². The van der Waals surface area contributed by atoms with Gasteiger partial charge in [-0.05, 0) is 30.0 Å². The van der Waals surface area contributed by atoms with E-state index in [4.69, 9.17) is 14.3 Å². The molecule has 0 atom stereocenters. The number of aryl methyl sites for hydroxylation is 1. The lowest BCUT2D eigenvalue weighted by molar-refractivity contribution is 0.239. The molecule has 0 unspecified atom stereocenters. The molecule has 0 saturated carbocycles. The minimum atomic E-state index is -0.689. The summed E-state index contributed by atoms with van der Waals surface area (Å²) in [5.74, 6) is 0.166. The first-order valence-electron chi connectivity index (χ1n) is 5.03. The zero-order chi connectivity index (χ0) is 12.6. The first-order valence-corrected chi connectivity index (χ1v) is 5.03. The molecule has 0 amide bonds. The van der Waals surface area contributed by atoms with Crippen molar-refractivity contribution in [1.82, 2.24) is 0 Å². The summed E-state index contributed by atoms with van der Waals surface area (Å²) in [5.41, 5.74) is -0.0638. The normalized spacial score (nSPS) is 10.8. The summed E-state index contributed by atoms with van der Waals surface area (Å²) >= 11 is 0. The molecule has 2 aromatic rings. The van der Waals surface area contributed by atoms with Gasteiger partial charge in [-0.3, -0.25) is 0 Å². The number of hydrogen-bond acceptors (Lipinski definition) is 5. The SMILES string of the molecule is COc1ccc2c(C)c(CO)oc(=O)c2c1O. The maximum absolute atomic E-state index is 11.7. The van der Waals surface area contributed by atoms with Crippen molar-refractivity contribution >= 4 is 10.8 Å². The topological polar surface area (TPSA) is 79.9 Å². The van der Waals surface area contributed by atoms with E-state index in [0.717, 1.165) is 0 Å². The fraction of sp³-hybridized carbons (Fsp3) is 0.250. The number of rotatable bonds is 2. The zero-order valence-corrected chi connectivity index (χ0v) is 9.48. The second-order valence-electron chi connectivity index (χ2n) is 3.63. The van der Waals surface area contributed by atoms with Gasteiger partial charge >= 0.3 is 5.63 Å². The van der Waals surface area contributed by atoms with Crippen LogP contribution in [0.3, 0.4) is 0 Å². The van der Waals surface area contributed by atoms with Crippen molar-refractivity contribution in [2.24, 2.45) is 0 Å². The third-order valence-electron chi connectivity index (χ3n) is 2.75. The summed E-state index contributed by atoms with van der Waals surface area (Å²) < 4.78 is 9.85. The molecule has 90 valence electrons. The van der Waals surface area contributed by atoms with E-state index in [2.05, 4.69) is 0 Å². The molecular weight excluding hydrogens is 224 g/mol. The Morgan fingerprint density at radius 1 is 1.41 bits per heavy atom. The summed E-state index contributed by atoms with van der Waals surface area (Å²) in [5, 5.41) is 19.5. The molecule has 0 aliphatic carbocycles. The molecule has 1 aromatic carbocycles. The van der Waals surface area contributed by atoms with Gasteiger partial charge in [0.2, 0.25) is 0 Å². The van der Waals surface area contributed by atoms with Crippen LogP contribution in [-0.4, -0.2) is 17.3 Å². The average molecular weight is 236 g/mol. The molecule has 1 heterocycles. The highest BCUT2D eigenvalue weighted by Gasteiger charge is 2.16. The Morgan fingerprint density at radius 2 is 2.12 bits per heavy atom. The van der Waals surface area contributed by atoms with Gasteiger partial charge in [0.15, 0.2) is 11.5 Å². The van der Waals surface area contributed by atoms with Gasteiger partial charge < -0.3 is 19.4 Å². The Morgan fingerprint density at radius 3 is 2.71 bits per heavy atom. The van der Waals surface area contributed by atoms with Crippen LogP contribution in [0.5, 0.6) is 11.5 Å². The minimum Gasteiger partial charge on any atom is -0.504 e. The van der Waals surface area contributed by atoms with E-state index in [-0.39, 0.29) is 29.3 Å². The summed E-state index contributed by atoms with van der Waals surface area (Å²) in [6.07, 6.45) is 0. The van der Waals surface area contributed by atoms with Crippen molar-refractivity contribution in [3.05, 3.63) is 33.9 Å². The zero-order valence-electron chi connectivity index (χ0n) is 9.48. The Hall–Kier alpha value is -2.01. The van der Waals surface area contributed by atoms with Gasteiger partial charge in [-0.1, -0.05) is 0 Å². The lowest BCUT2D eigenvalue weighted by atomic mass is 10.1.